The fraction of sp³-hybridized carbons (Fsp3) is 0.235. The van der Waals surface area contributed by atoms with Crippen molar-refractivity contribution in [1.82, 2.24) is 14.9 Å². The molecule has 3 nitrogen and oxygen atoms in total. The number of para-hydroxylation sites is 3. The van der Waals surface area contributed by atoms with E-state index in [0.29, 0.717) is 0 Å². The molecule has 1 fully saturated rings. The average molecular weight is 263 g/mol. The predicted molar refractivity (Wildman–Crippen MR) is 80.9 cm³/mol. The number of imidazole rings is 1. The first kappa shape index (κ1) is 11.7. The highest BCUT2D eigenvalue weighted by Crippen LogP contribution is 2.23. The molecule has 3 heteroatoms. The SMILES string of the molecule is c1ccc(-n2cnc3ccccc32)c(CNC2CC2)c1. The Morgan fingerprint density at radius 3 is 2.75 bits per heavy atom. The molecule has 0 atom stereocenters. The standard InChI is InChI=1S/C17H17N3/c1-3-7-16(13(5-1)11-18-14-9-10-14)20-12-19-15-6-2-4-8-17(15)20/h1-8,12,14,18H,9-11H2. The maximum Gasteiger partial charge on any atom is 0.100 e. The Morgan fingerprint density at radius 1 is 1.05 bits per heavy atom. The van der Waals surface area contributed by atoms with Crippen molar-refractivity contribution >= 4 is 11.0 Å². The Kier molecular flexibility index (Phi) is 2.78. The molecule has 0 saturated heterocycles. The van der Waals surface area contributed by atoms with Crippen LogP contribution < -0.4 is 5.32 Å². The highest BCUT2D eigenvalue weighted by Gasteiger charge is 2.20. The largest absolute Gasteiger partial charge is 0.310 e. The van der Waals surface area contributed by atoms with Gasteiger partial charge in [0.2, 0.25) is 0 Å². The van der Waals surface area contributed by atoms with Crippen molar-refractivity contribution in [2.45, 2.75) is 25.4 Å². The second-order valence-corrected chi connectivity index (χ2v) is 5.39. The third-order valence-electron chi connectivity index (χ3n) is 3.86. The summed E-state index contributed by atoms with van der Waals surface area (Å²) in [6.07, 6.45) is 4.55. The van der Waals surface area contributed by atoms with Crippen LogP contribution in [0, 0.1) is 0 Å². The third kappa shape index (κ3) is 2.10. The molecular formula is C17H17N3. The summed E-state index contributed by atoms with van der Waals surface area (Å²) < 4.78 is 2.18. The molecule has 3 aromatic rings. The maximum absolute atomic E-state index is 4.49. The van der Waals surface area contributed by atoms with Gasteiger partial charge in [0.25, 0.3) is 0 Å². The van der Waals surface area contributed by atoms with Gasteiger partial charge >= 0.3 is 0 Å². The monoisotopic (exact) mass is 263 g/mol. The minimum absolute atomic E-state index is 0.725. The molecule has 1 aliphatic rings. The molecule has 1 heterocycles. The summed E-state index contributed by atoms with van der Waals surface area (Å²) in [6, 6.07) is 17.5. The molecule has 1 aromatic heterocycles. The Morgan fingerprint density at radius 2 is 1.85 bits per heavy atom. The van der Waals surface area contributed by atoms with Gasteiger partial charge in [0.05, 0.1) is 16.7 Å². The Balaban J connectivity index is 1.76. The first-order chi connectivity index (χ1) is 9.92. The normalized spacial score (nSPS) is 14.8. The minimum Gasteiger partial charge on any atom is -0.310 e. The van der Waals surface area contributed by atoms with E-state index in [1.807, 2.05) is 12.4 Å². The lowest BCUT2D eigenvalue weighted by Gasteiger charge is -2.11. The highest BCUT2D eigenvalue weighted by molar-refractivity contribution is 5.77. The van der Waals surface area contributed by atoms with Crippen LogP contribution in [0.3, 0.4) is 0 Å². The van der Waals surface area contributed by atoms with Gasteiger partial charge in [-0.1, -0.05) is 30.3 Å². The van der Waals surface area contributed by atoms with Crippen molar-refractivity contribution in [3.63, 3.8) is 0 Å². The van der Waals surface area contributed by atoms with Crippen molar-refractivity contribution in [2.24, 2.45) is 0 Å². The van der Waals surface area contributed by atoms with Crippen LogP contribution >= 0.6 is 0 Å². The molecule has 0 bridgehead atoms. The second kappa shape index (κ2) is 4.76. The topological polar surface area (TPSA) is 29.9 Å². The zero-order valence-corrected chi connectivity index (χ0v) is 11.3. The lowest BCUT2D eigenvalue weighted by molar-refractivity contribution is 0.685. The quantitative estimate of drug-likeness (QED) is 0.783. The zero-order valence-electron chi connectivity index (χ0n) is 11.3. The molecule has 20 heavy (non-hydrogen) atoms. The van der Waals surface area contributed by atoms with Crippen LogP contribution in [0.25, 0.3) is 16.7 Å². The van der Waals surface area contributed by atoms with Gasteiger partial charge < -0.3 is 5.32 Å². The van der Waals surface area contributed by atoms with E-state index in [2.05, 4.69) is 57.3 Å². The Hall–Kier alpha value is -2.13. The van der Waals surface area contributed by atoms with Crippen LogP contribution in [0.4, 0.5) is 0 Å². The smallest absolute Gasteiger partial charge is 0.100 e. The lowest BCUT2D eigenvalue weighted by Crippen LogP contribution is -2.16. The van der Waals surface area contributed by atoms with Gasteiger partial charge in [-0.2, -0.15) is 0 Å². The van der Waals surface area contributed by atoms with E-state index in [4.69, 9.17) is 0 Å². The van der Waals surface area contributed by atoms with E-state index < -0.39 is 0 Å². The summed E-state index contributed by atoms with van der Waals surface area (Å²) in [5.41, 5.74) is 4.74. The van der Waals surface area contributed by atoms with E-state index in [0.717, 1.165) is 23.6 Å². The average Bonchev–Trinajstić information content (AvgIpc) is 3.23. The van der Waals surface area contributed by atoms with E-state index in [-0.39, 0.29) is 0 Å². The van der Waals surface area contributed by atoms with Gasteiger partial charge in [0, 0.05) is 12.6 Å². The number of nitrogens with one attached hydrogen (secondary N) is 1. The van der Waals surface area contributed by atoms with E-state index in [1.54, 1.807) is 0 Å². The molecule has 0 spiro atoms. The molecule has 1 saturated carbocycles. The summed E-state index contributed by atoms with van der Waals surface area (Å²) in [4.78, 5) is 4.49. The molecule has 0 amide bonds. The lowest BCUT2D eigenvalue weighted by atomic mass is 10.1. The highest BCUT2D eigenvalue weighted by atomic mass is 15.1. The summed E-state index contributed by atoms with van der Waals surface area (Å²) in [6.45, 7) is 0.924. The molecule has 100 valence electrons. The van der Waals surface area contributed by atoms with Crippen molar-refractivity contribution in [1.29, 1.82) is 0 Å². The molecule has 1 N–H and O–H groups in total. The third-order valence-corrected chi connectivity index (χ3v) is 3.86. The number of aromatic nitrogens is 2. The van der Waals surface area contributed by atoms with Crippen LogP contribution in [-0.2, 0) is 6.54 Å². The van der Waals surface area contributed by atoms with Crippen LogP contribution in [0.1, 0.15) is 18.4 Å². The van der Waals surface area contributed by atoms with Gasteiger partial charge in [0.15, 0.2) is 0 Å². The number of fused-ring (bicyclic) bond motifs is 1. The van der Waals surface area contributed by atoms with Crippen LogP contribution in [0.15, 0.2) is 54.9 Å². The summed E-state index contributed by atoms with van der Waals surface area (Å²) in [5.74, 6) is 0. The minimum atomic E-state index is 0.725. The zero-order chi connectivity index (χ0) is 13.4. The molecule has 0 radical (unpaired) electrons. The maximum atomic E-state index is 4.49. The van der Waals surface area contributed by atoms with Crippen molar-refractivity contribution in [2.75, 3.05) is 0 Å². The van der Waals surface area contributed by atoms with Crippen molar-refractivity contribution in [3.8, 4) is 5.69 Å². The van der Waals surface area contributed by atoms with Crippen LogP contribution in [0.2, 0.25) is 0 Å². The number of rotatable bonds is 4. The van der Waals surface area contributed by atoms with E-state index in [1.165, 1.54) is 24.1 Å². The molecule has 0 aliphatic heterocycles. The Labute approximate surface area is 118 Å². The van der Waals surface area contributed by atoms with E-state index >= 15 is 0 Å². The fourth-order valence-corrected chi connectivity index (χ4v) is 2.59. The van der Waals surface area contributed by atoms with Gasteiger partial charge in [0.1, 0.15) is 6.33 Å². The molecule has 2 aromatic carbocycles. The fourth-order valence-electron chi connectivity index (χ4n) is 2.59. The predicted octanol–water partition coefficient (Wildman–Crippen LogP) is 3.28. The first-order valence-electron chi connectivity index (χ1n) is 7.15. The van der Waals surface area contributed by atoms with Gasteiger partial charge in [-0.05, 0) is 36.6 Å². The Bertz CT molecular complexity index is 741. The number of hydrogen-bond donors (Lipinski definition) is 1. The first-order valence-corrected chi connectivity index (χ1v) is 7.15. The van der Waals surface area contributed by atoms with Gasteiger partial charge in [-0.15, -0.1) is 0 Å². The number of hydrogen-bond acceptors (Lipinski definition) is 2. The number of benzene rings is 2. The summed E-state index contributed by atoms with van der Waals surface area (Å²) >= 11 is 0. The summed E-state index contributed by atoms with van der Waals surface area (Å²) in [7, 11) is 0. The van der Waals surface area contributed by atoms with Crippen molar-refractivity contribution < 1.29 is 0 Å². The summed E-state index contributed by atoms with van der Waals surface area (Å²) in [5, 5.41) is 3.59. The van der Waals surface area contributed by atoms with Crippen LogP contribution in [0.5, 0.6) is 0 Å². The number of nitrogens with zero attached hydrogens (tertiary/aromatic N) is 2. The molecular weight excluding hydrogens is 246 g/mol. The van der Waals surface area contributed by atoms with Crippen molar-refractivity contribution in [3.05, 3.63) is 60.4 Å². The molecule has 0 unspecified atom stereocenters. The van der Waals surface area contributed by atoms with Crippen LogP contribution in [-0.4, -0.2) is 15.6 Å². The van der Waals surface area contributed by atoms with E-state index in [9.17, 15) is 0 Å². The van der Waals surface area contributed by atoms with Gasteiger partial charge in [-0.3, -0.25) is 4.57 Å². The van der Waals surface area contributed by atoms with Gasteiger partial charge in [-0.25, -0.2) is 4.98 Å². The molecule has 1 aliphatic carbocycles. The second-order valence-electron chi connectivity index (χ2n) is 5.39. The molecule has 4 rings (SSSR count).